The molecule has 0 aliphatic heterocycles. The van der Waals surface area contributed by atoms with Gasteiger partial charge in [-0.2, -0.15) is 0 Å². The first-order chi connectivity index (χ1) is 31.3. The van der Waals surface area contributed by atoms with E-state index in [-0.39, 0.29) is 0 Å². The summed E-state index contributed by atoms with van der Waals surface area (Å²) in [4.78, 5) is 15.4. The normalized spacial score (nSPS) is 11.8. The van der Waals surface area contributed by atoms with Gasteiger partial charge in [0, 0.05) is 54.7 Å². The molecule has 294 valence electrons. The molecule has 9 aromatic carbocycles. The van der Waals surface area contributed by atoms with Gasteiger partial charge >= 0.3 is 0 Å². The Morgan fingerprint density at radius 3 is 1.60 bits per heavy atom. The summed E-state index contributed by atoms with van der Waals surface area (Å²) in [5, 5.41) is 6.58. The first-order valence-corrected chi connectivity index (χ1v) is 21.2. The number of furan rings is 1. The van der Waals surface area contributed by atoms with Crippen LogP contribution in [0.4, 0.5) is 0 Å². The standard InChI is InChI=1S/C57H35N5O/c1-5-17-36(18-6-1)39-31-32-42-41-25-13-14-28-47(41)62(50(42)35-39)49-30-15-26-43-44-33-34-45-51-46(27-16-29-48(51)61(40-23-11-4-12-24-40)52(45)54(44)63-53(43)49)57-59-55(37-19-7-2-8-20-37)58-56(60-57)38-21-9-3-10-22-38/h1-35H. The molecule has 0 amide bonds. The Bertz CT molecular complexity index is 3830. The highest BCUT2D eigenvalue weighted by Gasteiger charge is 2.25. The maximum atomic E-state index is 7.34. The molecule has 0 atom stereocenters. The summed E-state index contributed by atoms with van der Waals surface area (Å²) < 4.78 is 12.1. The van der Waals surface area contributed by atoms with E-state index in [2.05, 4.69) is 161 Å². The third kappa shape index (κ3) is 5.48. The van der Waals surface area contributed by atoms with Gasteiger partial charge in [0.05, 0.1) is 27.8 Å². The Kier molecular flexibility index (Phi) is 7.80. The molecule has 0 aliphatic carbocycles. The zero-order chi connectivity index (χ0) is 41.4. The number of hydrogen-bond acceptors (Lipinski definition) is 4. The molecule has 0 saturated carbocycles. The number of benzene rings is 9. The molecule has 6 nitrogen and oxygen atoms in total. The molecule has 63 heavy (non-hydrogen) atoms. The van der Waals surface area contributed by atoms with E-state index >= 15 is 0 Å². The van der Waals surface area contributed by atoms with Gasteiger partial charge in [-0.25, -0.2) is 15.0 Å². The molecule has 0 saturated heterocycles. The van der Waals surface area contributed by atoms with Crippen LogP contribution in [0.15, 0.2) is 217 Å². The molecule has 0 bridgehead atoms. The fraction of sp³-hybridized carbons (Fsp3) is 0. The number of rotatable bonds is 6. The van der Waals surface area contributed by atoms with Crippen LogP contribution in [-0.2, 0) is 0 Å². The molecule has 4 heterocycles. The second kappa shape index (κ2) is 14.0. The zero-order valence-corrected chi connectivity index (χ0v) is 33.9. The Morgan fingerprint density at radius 1 is 0.333 bits per heavy atom. The van der Waals surface area contributed by atoms with Crippen LogP contribution < -0.4 is 0 Å². The van der Waals surface area contributed by atoms with E-state index in [0.717, 1.165) is 82.8 Å². The van der Waals surface area contributed by atoms with Crippen molar-refractivity contribution >= 4 is 65.6 Å². The highest BCUT2D eigenvalue weighted by Crippen LogP contribution is 2.45. The Labute approximate surface area is 361 Å². The first-order valence-electron chi connectivity index (χ1n) is 21.2. The van der Waals surface area contributed by atoms with E-state index in [0.29, 0.717) is 17.5 Å². The third-order valence-electron chi connectivity index (χ3n) is 12.4. The van der Waals surface area contributed by atoms with Crippen LogP contribution in [0.5, 0.6) is 0 Å². The maximum Gasteiger partial charge on any atom is 0.164 e. The average molecular weight is 806 g/mol. The largest absolute Gasteiger partial charge is 0.452 e. The summed E-state index contributed by atoms with van der Waals surface area (Å²) in [6.07, 6.45) is 0. The van der Waals surface area contributed by atoms with Gasteiger partial charge in [-0.05, 0) is 53.6 Å². The third-order valence-corrected chi connectivity index (χ3v) is 12.4. The average Bonchev–Trinajstić information content (AvgIpc) is 4.03. The van der Waals surface area contributed by atoms with Gasteiger partial charge in [0.1, 0.15) is 0 Å². The molecular formula is C57H35N5O. The number of hydrogen-bond donors (Lipinski definition) is 0. The van der Waals surface area contributed by atoms with Crippen LogP contribution in [0.1, 0.15) is 0 Å². The summed E-state index contributed by atoms with van der Waals surface area (Å²) in [5.41, 5.74) is 13.0. The predicted octanol–water partition coefficient (Wildman–Crippen LogP) is 14.6. The van der Waals surface area contributed by atoms with E-state index in [9.17, 15) is 0 Å². The van der Waals surface area contributed by atoms with Crippen molar-refractivity contribution < 1.29 is 4.42 Å². The van der Waals surface area contributed by atoms with Crippen LogP contribution in [0.25, 0.3) is 122 Å². The van der Waals surface area contributed by atoms with Gasteiger partial charge in [0.2, 0.25) is 0 Å². The van der Waals surface area contributed by atoms with Gasteiger partial charge in [-0.15, -0.1) is 0 Å². The van der Waals surface area contributed by atoms with Crippen LogP contribution in [0.3, 0.4) is 0 Å². The molecule has 13 aromatic rings. The van der Waals surface area contributed by atoms with Crippen LogP contribution in [-0.4, -0.2) is 24.1 Å². The van der Waals surface area contributed by atoms with Crippen LogP contribution in [0, 0.1) is 0 Å². The number of fused-ring (bicyclic) bond motifs is 10. The predicted molar refractivity (Wildman–Crippen MR) is 258 cm³/mol. The van der Waals surface area contributed by atoms with E-state index in [1.54, 1.807) is 0 Å². The van der Waals surface area contributed by atoms with E-state index in [1.165, 1.54) is 21.9 Å². The molecule has 0 unspecified atom stereocenters. The molecule has 0 spiro atoms. The number of nitrogens with zero attached hydrogens (tertiary/aromatic N) is 5. The topological polar surface area (TPSA) is 61.7 Å². The highest BCUT2D eigenvalue weighted by atomic mass is 16.3. The van der Waals surface area contributed by atoms with Crippen molar-refractivity contribution in [1.82, 2.24) is 24.1 Å². The Balaban J connectivity index is 1.11. The van der Waals surface area contributed by atoms with E-state index < -0.39 is 0 Å². The molecule has 13 rings (SSSR count). The lowest BCUT2D eigenvalue weighted by Gasteiger charge is -2.10. The second-order valence-corrected chi connectivity index (χ2v) is 16.0. The van der Waals surface area contributed by atoms with Gasteiger partial charge in [0.15, 0.2) is 28.6 Å². The van der Waals surface area contributed by atoms with Gasteiger partial charge < -0.3 is 13.6 Å². The lowest BCUT2D eigenvalue weighted by Crippen LogP contribution is -2.00. The van der Waals surface area contributed by atoms with Crippen LogP contribution >= 0.6 is 0 Å². The van der Waals surface area contributed by atoms with Crippen molar-refractivity contribution in [3.8, 4) is 56.7 Å². The summed E-state index contributed by atoms with van der Waals surface area (Å²) in [5.74, 6) is 1.85. The van der Waals surface area contributed by atoms with Crippen molar-refractivity contribution in [2.24, 2.45) is 0 Å². The van der Waals surface area contributed by atoms with Gasteiger partial charge in [-0.1, -0.05) is 170 Å². The molecule has 0 radical (unpaired) electrons. The first kappa shape index (κ1) is 35.2. The minimum absolute atomic E-state index is 0.605. The quantitative estimate of drug-likeness (QED) is 0.168. The van der Waals surface area contributed by atoms with Crippen molar-refractivity contribution in [3.63, 3.8) is 0 Å². The lowest BCUT2D eigenvalue weighted by atomic mass is 10.0. The monoisotopic (exact) mass is 805 g/mol. The minimum Gasteiger partial charge on any atom is -0.452 e. The zero-order valence-electron chi connectivity index (χ0n) is 33.9. The molecule has 0 fully saturated rings. The molecule has 0 N–H and O–H groups in total. The second-order valence-electron chi connectivity index (χ2n) is 16.0. The van der Waals surface area contributed by atoms with Crippen molar-refractivity contribution in [1.29, 1.82) is 0 Å². The highest BCUT2D eigenvalue weighted by molar-refractivity contribution is 6.25. The van der Waals surface area contributed by atoms with Crippen LogP contribution in [0.2, 0.25) is 0 Å². The Hall–Kier alpha value is -8.61. The summed E-state index contributed by atoms with van der Waals surface area (Å²) in [7, 11) is 0. The molecule has 0 aliphatic rings. The van der Waals surface area contributed by atoms with E-state index in [1.807, 2.05) is 60.7 Å². The summed E-state index contributed by atoms with van der Waals surface area (Å²) in [6.45, 7) is 0. The van der Waals surface area contributed by atoms with Gasteiger partial charge in [0.25, 0.3) is 0 Å². The fourth-order valence-electron chi connectivity index (χ4n) is 9.56. The van der Waals surface area contributed by atoms with E-state index in [4.69, 9.17) is 19.4 Å². The molecular weight excluding hydrogens is 771 g/mol. The summed E-state index contributed by atoms with van der Waals surface area (Å²) in [6, 6.07) is 74.3. The van der Waals surface area contributed by atoms with Crippen molar-refractivity contribution in [3.05, 3.63) is 212 Å². The molecule has 4 aromatic heterocycles. The minimum atomic E-state index is 0.605. The van der Waals surface area contributed by atoms with Crippen molar-refractivity contribution in [2.75, 3.05) is 0 Å². The smallest absolute Gasteiger partial charge is 0.164 e. The summed E-state index contributed by atoms with van der Waals surface area (Å²) >= 11 is 0. The fourth-order valence-corrected chi connectivity index (χ4v) is 9.56. The SMILES string of the molecule is c1ccc(-c2ccc3c4ccccc4n(-c4cccc5c4oc4c5ccc5c6c(-c7nc(-c8ccccc8)nc(-c8ccccc8)n7)cccc6n(-c6ccccc6)c54)c3c2)cc1. The van der Waals surface area contributed by atoms with Gasteiger partial charge in [-0.3, -0.25) is 0 Å². The van der Waals surface area contributed by atoms with Crippen molar-refractivity contribution in [2.45, 2.75) is 0 Å². The Morgan fingerprint density at radius 2 is 0.873 bits per heavy atom. The number of para-hydroxylation sites is 3. The molecule has 6 heteroatoms. The maximum absolute atomic E-state index is 7.34. The lowest BCUT2D eigenvalue weighted by molar-refractivity contribution is 0.668. The number of aromatic nitrogens is 5.